The molecule has 3 rings (SSSR count). The van der Waals surface area contributed by atoms with Crippen LogP contribution in [0.5, 0.6) is 0 Å². The van der Waals surface area contributed by atoms with Crippen molar-refractivity contribution in [3.05, 3.63) is 42.0 Å². The molecule has 1 fully saturated rings. The molecule has 0 saturated heterocycles. The molecule has 0 heterocycles. The highest BCUT2D eigenvalue weighted by atomic mass is 16.1. The third kappa shape index (κ3) is 1.95. The molecular weight excluding hydrogens is 208 g/mol. The predicted octanol–water partition coefficient (Wildman–Crippen LogP) is 3.85. The van der Waals surface area contributed by atoms with Crippen molar-refractivity contribution < 1.29 is 4.79 Å². The maximum Gasteiger partial charge on any atom is 0.159 e. The van der Waals surface area contributed by atoms with Crippen LogP contribution < -0.4 is 0 Å². The number of hydrogen-bond acceptors (Lipinski definition) is 1. The molecule has 0 unspecified atom stereocenters. The van der Waals surface area contributed by atoms with E-state index in [-0.39, 0.29) is 5.92 Å². The molecule has 1 nitrogen and oxygen atoms in total. The normalized spacial score (nSPS) is 28.5. The van der Waals surface area contributed by atoms with Crippen molar-refractivity contribution in [1.82, 2.24) is 0 Å². The standard InChI is InChI=1S/C16H18O/c17-16-11-15(12-7-3-1-4-8-12)13-9-5-2-6-10-14(13)16/h1,3-4,7-8,11,13-14H,2,5-6,9-10H2/t13-,14+/m0/s1. The number of carbonyl (C=O) groups is 1. The van der Waals surface area contributed by atoms with E-state index in [4.69, 9.17) is 0 Å². The zero-order chi connectivity index (χ0) is 11.7. The van der Waals surface area contributed by atoms with Crippen molar-refractivity contribution in [2.45, 2.75) is 32.1 Å². The number of carbonyl (C=O) groups excluding carboxylic acids is 1. The summed E-state index contributed by atoms with van der Waals surface area (Å²) in [7, 11) is 0. The summed E-state index contributed by atoms with van der Waals surface area (Å²) in [5, 5.41) is 0. The van der Waals surface area contributed by atoms with E-state index >= 15 is 0 Å². The van der Waals surface area contributed by atoms with Gasteiger partial charge in [-0.25, -0.2) is 0 Å². The fourth-order valence-corrected chi connectivity index (χ4v) is 3.32. The van der Waals surface area contributed by atoms with Gasteiger partial charge >= 0.3 is 0 Å². The van der Waals surface area contributed by atoms with Gasteiger partial charge in [0.15, 0.2) is 5.78 Å². The summed E-state index contributed by atoms with van der Waals surface area (Å²) < 4.78 is 0. The highest BCUT2D eigenvalue weighted by molar-refractivity contribution is 6.04. The number of fused-ring (bicyclic) bond motifs is 1. The Hall–Kier alpha value is -1.37. The van der Waals surface area contributed by atoms with E-state index in [2.05, 4.69) is 24.3 Å². The van der Waals surface area contributed by atoms with Crippen LogP contribution in [0.1, 0.15) is 37.7 Å². The van der Waals surface area contributed by atoms with Crippen LogP contribution in [0, 0.1) is 11.8 Å². The van der Waals surface area contributed by atoms with Crippen LogP contribution in [0.25, 0.3) is 5.57 Å². The Morgan fingerprint density at radius 3 is 2.35 bits per heavy atom. The monoisotopic (exact) mass is 226 g/mol. The topological polar surface area (TPSA) is 17.1 Å². The van der Waals surface area contributed by atoms with Crippen LogP contribution in [-0.2, 0) is 4.79 Å². The van der Waals surface area contributed by atoms with Crippen LogP contribution in [0.15, 0.2) is 36.4 Å². The molecule has 1 aromatic rings. The Morgan fingerprint density at radius 1 is 0.882 bits per heavy atom. The SMILES string of the molecule is O=C1C=C(c2ccccc2)[C@H]2CCCCC[C@@H]12. The minimum atomic E-state index is 0.285. The number of benzene rings is 1. The number of ketones is 1. The average molecular weight is 226 g/mol. The van der Waals surface area contributed by atoms with E-state index in [1.807, 2.05) is 12.1 Å². The Labute approximate surface area is 103 Å². The molecule has 2 atom stereocenters. The number of hydrogen-bond donors (Lipinski definition) is 0. The molecule has 88 valence electrons. The lowest BCUT2D eigenvalue weighted by Crippen LogP contribution is -2.15. The molecule has 1 saturated carbocycles. The van der Waals surface area contributed by atoms with E-state index in [0.29, 0.717) is 11.7 Å². The molecule has 1 heteroatoms. The molecule has 17 heavy (non-hydrogen) atoms. The highest BCUT2D eigenvalue weighted by Gasteiger charge is 2.36. The lowest BCUT2D eigenvalue weighted by molar-refractivity contribution is -0.118. The maximum absolute atomic E-state index is 12.1. The number of allylic oxidation sites excluding steroid dienone is 2. The first-order valence-corrected chi connectivity index (χ1v) is 6.67. The molecule has 2 aliphatic carbocycles. The molecule has 0 spiro atoms. The Kier molecular flexibility index (Phi) is 2.84. The van der Waals surface area contributed by atoms with Crippen molar-refractivity contribution in [2.24, 2.45) is 11.8 Å². The van der Waals surface area contributed by atoms with Gasteiger partial charge in [-0.2, -0.15) is 0 Å². The van der Waals surface area contributed by atoms with Gasteiger partial charge in [0.2, 0.25) is 0 Å². The second-order valence-corrected chi connectivity index (χ2v) is 5.22. The minimum Gasteiger partial charge on any atom is -0.295 e. The zero-order valence-corrected chi connectivity index (χ0v) is 10.1. The van der Waals surface area contributed by atoms with E-state index < -0.39 is 0 Å². The largest absolute Gasteiger partial charge is 0.295 e. The fourth-order valence-electron chi connectivity index (χ4n) is 3.32. The molecule has 0 aromatic heterocycles. The fraction of sp³-hybridized carbons (Fsp3) is 0.438. The van der Waals surface area contributed by atoms with Crippen LogP contribution in [-0.4, -0.2) is 5.78 Å². The van der Waals surface area contributed by atoms with Crippen molar-refractivity contribution in [2.75, 3.05) is 0 Å². The lowest BCUT2D eigenvalue weighted by atomic mass is 9.84. The highest BCUT2D eigenvalue weighted by Crippen LogP contribution is 2.43. The first-order valence-electron chi connectivity index (χ1n) is 6.67. The van der Waals surface area contributed by atoms with Crippen molar-refractivity contribution >= 4 is 11.4 Å². The molecule has 0 radical (unpaired) electrons. The van der Waals surface area contributed by atoms with Gasteiger partial charge in [0.05, 0.1) is 0 Å². The summed E-state index contributed by atoms with van der Waals surface area (Å²) in [4.78, 5) is 12.1. The molecule has 0 amide bonds. The first-order chi connectivity index (χ1) is 8.36. The minimum absolute atomic E-state index is 0.285. The number of rotatable bonds is 1. The summed E-state index contributed by atoms with van der Waals surface area (Å²) in [6.07, 6.45) is 7.99. The third-order valence-corrected chi connectivity index (χ3v) is 4.19. The van der Waals surface area contributed by atoms with Crippen LogP contribution in [0.4, 0.5) is 0 Å². The van der Waals surface area contributed by atoms with Gasteiger partial charge in [-0.05, 0) is 36.0 Å². The molecular formula is C16H18O. The quantitative estimate of drug-likeness (QED) is 0.711. The van der Waals surface area contributed by atoms with Gasteiger partial charge < -0.3 is 0 Å². The molecule has 0 bridgehead atoms. The van der Waals surface area contributed by atoms with Gasteiger partial charge in [-0.15, -0.1) is 0 Å². The van der Waals surface area contributed by atoms with Gasteiger partial charge in [-0.3, -0.25) is 4.79 Å². The Balaban J connectivity index is 1.95. The van der Waals surface area contributed by atoms with Crippen LogP contribution >= 0.6 is 0 Å². The molecule has 0 N–H and O–H groups in total. The van der Waals surface area contributed by atoms with Gasteiger partial charge in [0.1, 0.15) is 0 Å². The first kappa shape index (κ1) is 10.8. The Morgan fingerprint density at radius 2 is 1.59 bits per heavy atom. The summed E-state index contributed by atoms with van der Waals surface area (Å²) in [6.45, 7) is 0. The van der Waals surface area contributed by atoms with Crippen LogP contribution in [0.3, 0.4) is 0 Å². The second kappa shape index (κ2) is 4.48. The van der Waals surface area contributed by atoms with Crippen molar-refractivity contribution in [3.63, 3.8) is 0 Å². The molecule has 2 aliphatic rings. The summed E-state index contributed by atoms with van der Waals surface area (Å²) in [6, 6.07) is 10.4. The van der Waals surface area contributed by atoms with Crippen molar-refractivity contribution in [1.29, 1.82) is 0 Å². The van der Waals surface area contributed by atoms with Crippen molar-refractivity contribution in [3.8, 4) is 0 Å². The van der Waals surface area contributed by atoms with E-state index in [1.54, 1.807) is 0 Å². The smallest absolute Gasteiger partial charge is 0.159 e. The van der Waals surface area contributed by atoms with E-state index in [1.165, 1.54) is 36.8 Å². The Bertz CT molecular complexity index is 444. The van der Waals surface area contributed by atoms with Crippen LogP contribution in [0.2, 0.25) is 0 Å². The average Bonchev–Trinajstić information content (AvgIpc) is 2.57. The van der Waals surface area contributed by atoms with E-state index in [9.17, 15) is 4.79 Å². The summed E-state index contributed by atoms with van der Waals surface area (Å²) in [5.74, 6) is 1.15. The molecule has 1 aromatic carbocycles. The van der Waals surface area contributed by atoms with Gasteiger partial charge in [0.25, 0.3) is 0 Å². The summed E-state index contributed by atoms with van der Waals surface area (Å²) in [5.41, 5.74) is 2.54. The van der Waals surface area contributed by atoms with Gasteiger partial charge in [0, 0.05) is 5.92 Å². The van der Waals surface area contributed by atoms with Gasteiger partial charge in [-0.1, -0.05) is 49.6 Å². The van der Waals surface area contributed by atoms with E-state index in [0.717, 1.165) is 6.42 Å². The third-order valence-electron chi connectivity index (χ3n) is 4.19. The molecule has 0 aliphatic heterocycles. The second-order valence-electron chi connectivity index (χ2n) is 5.22. The predicted molar refractivity (Wildman–Crippen MR) is 69.5 cm³/mol. The zero-order valence-electron chi connectivity index (χ0n) is 10.1. The summed E-state index contributed by atoms with van der Waals surface area (Å²) >= 11 is 0. The lowest BCUT2D eigenvalue weighted by Gasteiger charge is -2.19. The maximum atomic E-state index is 12.1.